The molecule has 126 valence electrons. The molecule has 2 aromatic carbocycles. The topological polar surface area (TPSA) is 58.6 Å². The molecule has 2 rings (SSSR count). The highest BCUT2D eigenvalue weighted by Gasteiger charge is 2.15. The van der Waals surface area contributed by atoms with E-state index in [4.69, 9.17) is 4.74 Å². The maximum absolute atomic E-state index is 12.1. The van der Waals surface area contributed by atoms with Crippen molar-refractivity contribution in [1.82, 2.24) is 5.32 Å². The fraction of sp³-hybridized carbons (Fsp3) is 0.263. The van der Waals surface area contributed by atoms with E-state index in [0.717, 1.165) is 11.3 Å². The minimum atomic E-state index is -0.206. The van der Waals surface area contributed by atoms with Crippen LogP contribution in [0, 0.1) is 0 Å². The van der Waals surface area contributed by atoms with Gasteiger partial charge in [-0.3, -0.25) is 9.59 Å². The molecule has 5 nitrogen and oxygen atoms in total. The van der Waals surface area contributed by atoms with Gasteiger partial charge in [-0.05, 0) is 36.8 Å². The zero-order valence-corrected chi connectivity index (χ0v) is 14.0. The van der Waals surface area contributed by atoms with Crippen LogP contribution in [0.2, 0.25) is 0 Å². The first-order valence-corrected chi connectivity index (χ1v) is 7.91. The summed E-state index contributed by atoms with van der Waals surface area (Å²) in [4.78, 5) is 25.5. The van der Waals surface area contributed by atoms with Crippen LogP contribution in [-0.2, 0) is 16.1 Å². The Labute approximate surface area is 142 Å². The van der Waals surface area contributed by atoms with Crippen LogP contribution in [0.15, 0.2) is 54.6 Å². The van der Waals surface area contributed by atoms with Crippen molar-refractivity contribution in [2.75, 3.05) is 18.1 Å². The molecular weight excluding hydrogens is 304 g/mol. The van der Waals surface area contributed by atoms with Crippen LogP contribution >= 0.6 is 0 Å². The molecule has 0 aliphatic heterocycles. The highest BCUT2D eigenvalue weighted by atomic mass is 16.5. The van der Waals surface area contributed by atoms with Crippen molar-refractivity contribution in [3.05, 3.63) is 60.2 Å². The molecule has 0 heterocycles. The summed E-state index contributed by atoms with van der Waals surface area (Å²) in [5.41, 5.74) is 1.68. The van der Waals surface area contributed by atoms with Crippen molar-refractivity contribution < 1.29 is 14.3 Å². The second kappa shape index (κ2) is 8.72. The first kappa shape index (κ1) is 17.5. The SMILES string of the molecule is CCOc1ccc(N(CC(=O)NCc2ccccc2)C(C)=O)cc1. The van der Waals surface area contributed by atoms with E-state index in [1.165, 1.54) is 11.8 Å². The lowest BCUT2D eigenvalue weighted by molar-refractivity contribution is -0.123. The first-order valence-electron chi connectivity index (χ1n) is 7.91. The number of anilines is 1. The molecule has 0 unspecified atom stereocenters. The number of ether oxygens (including phenoxy) is 1. The van der Waals surface area contributed by atoms with Gasteiger partial charge in [0.15, 0.2) is 0 Å². The molecule has 0 aromatic heterocycles. The standard InChI is InChI=1S/C19H22N2O3/c1-3-24-18-11-9-17(10-12-18)21(15(2)22)14-19(23)20-13-16-7-5-4-6-8-16/h4-12H,3,13-14H2,1-2H3,(H,20,23). The predicted octanol–water partition coefficient (Wildman–Crippen LogP) is 2.75. The predicted molar refractivity (Wildman–Crippen MR) is 93.9 cm³/mol. The van der Waals surface area contributed by atoms with Gasteiger partial charge in [-0.1, -0.05) is 30.3 Å². The van der Waals surface area contributed by atoms with Crippen LogP contribution in [0.25, 0.3) is 0 Å². The summed E-state index contributed by atoms with van der Waals surface area (Å²) >= 11 is 0. The van der Waals surface area contributed by atoms with E-state index in [1.807, 2.05) is 37.3 Å². The Morgan fingerprint density at radius 1 is 1.04 bits per heavy atom. The van der Waals surface area contributed by atoms with E-state index in [2.05, 4.69) is 5.32 Å². The third kappa shape index (κ3) is 5.12. The second-order valence-corrected chi connectivity index (χ2v) is 5.29. The molecule has 0 aliphatic rings. The monoisotopic (exact) mass is 326 g/mol. The largest absolute Gasteiger partial charge is 0.494 e. The summed E-state index contributed by atoms with van der Waals surface area (Å²) in [6.07, 6.45) is 0. The zero-order chi connectivity index (χ0) is 17.4. The number of carbonyl (C=O) groups is 2. The van der Waals surface area contributed by atoms with Crippen LogP contribution in [0.3, 0.4) is 0 Å². The Bertz CT molecular complexity index is 669. The number of hydrogen-bond donors (Lipinski definition) is 1. The van der Waals surface area contributed by atoms with Crippen LogP contribution in [0.4, 0.5) is 5.69 Å². The van der Waals surface area contributed by atoms with Gasteiger partial charge in [0.2, 0.25) is 11.8 Å². The number of hydrogen-bond acceptors (Lipinski definition) is 3. The number of benzene rings is 2. The van der Waals surface area contributed by atoms with Crippen LogP contribution < -0.4 is 15.0 Å². The van der Waals surface area contributed by atoms with Crippen molar-refractivity contribution in [2.24, 2.45) is 0 Å². The van der Waals surface area contributed by atoms with Crippen molar-refractivity contribution in [1.29, 1.82) is 0 Å². The summed E-state index contributed by atoms with van der Waals surface area (Å²) in [6, 6.07) is 16.8. The maximum atomic E-state index is 12.1. The van der Waals surface area contributed by atoms with E-state index in [-0.39, 0.29) is 18.4 Å². The molecule has 0 saturated heterocycles. The normalized spacial score (nSPS) is 10.1. The van der Waals surface area contributed by atoms with Crippen molar-refractivity contribution in [3.8, 4) is 5.75 Å². The molecule has 1 N–H and O–H groups in total. The Balaban J connectivity index is 1.97. The number of rotatable bonds is 7. The van der Waals surface area contributed by atoms with Crippen LogP contribution in [-0.4, -0.2) is 25.0 Å². The van der Waals surface area contributed by atoms with Gasteiger partial charge in [0.05, 0.1) is 6.61 Å². The second-order valence-electron chi connectivity index (χ2n) is 5.29. The number of amides is 2. The molecule has 0 aliphatic carbocycles. The number of carbonyl (C=O) groups excluding carboxylic acids is 2. The summed E-state index contributed by atoms with van der Waals surface area (Å²) in [5.74, 6) is 0.343. The van der Waals surface area contributed by atoms with Gasteiger partial charge >= 0.3 is 0 Å². The quantitative estimate of drug-likeness (QED) is 0.851. The van der Waals surface area contributed by atoms with E-state index in [1.54, 1.807) is 24.3 Å². The van der Waals surface area contributed by atoms with Gasteiger partial charge in [0.1, 0.15) is 12.3 Å². The molecule has 24 heavy (non-hydrogen) atoms. The minimum absolute atomic E-state index is 0.0177. The molecular formula is C19H22N2O3. The lowest BCUT2D eigenvalue weighted by Crippen LogP contribution is -2.39. The van der Waals surface area contributed by atoms with Gasteiger partial charge in [0.25, 0.3) is 0 Å². The zero-order valence-electron chi connectivity index (χ0n) is 14.0. The highest BCUT2D eigenvalue weighted by Crippen LogP contribution is 2.19. The van der Waals surface area contributed by atoms with E-state index in [0.29, 0.717) is 18.8 Å². The minimum Gasteiger partial charge on any atom is -0.494 e. The van der Waals surface area contributed by atoms with Gasteiger partial charge in [-0.15, -0.1) is 0 Å². The molecule has 2 amide bonds. The van der Waals surface area contributed by atoms with Crippen molar-refractivity contribution in [3.63, 3.8) is 0 Å². The smallest absolute Gasteiger partial charge is 0.240 e. The summed E-state index contributed by atoms with van der Waals surface area (Å²) < 4.78 is 5.39. The fourth-order valence-corrected chi connectivity index (χ4v) is 2.27. The average Bonchev–Trinajstić information content (AvgIpc) is 2.60. The molecule has 0 bridgehead atoms. The number of nitrogens with one attached hydrogen (secondary N) is 1. The van der Waals surface area contributed by atoms with E-state index in [9.17, 15) is 9.59 Å². The molecule has 0 fully saturated rings. The van der Waals surface area contributed by atoms with Crippen molar-refractivity contribution in [2.45, 2.75) is 20.4 Å². The van der Waals surface area contributed by atoms with Crippen LogP contribution in [0.5, 0.6) is 5.75 Å². The third-order valence-electron chi connectivity index (χ3n) is 3.47. The summed E-state index contributed by atoms with van der Waals surface area (Å²) in [5, 5.41) is 2.83. The summed E-state index contributed by atoms with van der Waals surface area (Å²) in [6.45, 7) is 4.36. The molecule has 0 radical (unpaired) electrons. The van der Waals surface area contributed by atoms with Crippen molar-refractivity contribution >= 4 is 17.5 Å². The van der Waals surface area contributed by atoms with Gasteiger partial charge in [-0.25, -0.2) is 0 Å². The number of nitrogens with zero attached hydrogens (tertiary/aromatic N) is 1. The Morgan fingerprint density at radius 2 is 1.71 bits per heavy atom. The Morgan fingerprint density at radius 3 is 2.29 bits per heavy atom. The Kier molecular flexibility index (Phi) is 6.37. The lowest BCUT2D eigenvalue weighted by atomic mass is 10.2. The Hall–Kier alpha value is -2.82. The molecule has 0 saturated carbocycles. The van der Waals surface area contributed by atoms with E-state index < -0.39 is 0 Å². The van der Waals surface area contributed by atoms with E-state index >= 15 is 0 Å². The molecule has 0 atom stereocenters. The lowest BCUT2D eigenvalue weighted by Gasteiger charge is -2.21. The van der Waals surface area contributed by atoms with Gasteiger partial charge < -0.3 is 15.0 Å². The first-order chi connectivity index (χ1) is 11.6. The van der Waals surface area contributed by atoms with Gasteiger partial charge in [0, 0.05) is 19.2 Å². The molecule has 0 spiro atoms. The highest BCUT2D eigenvalue weighted by molar-refractivity contribution is 5.97. The summed E-state index contributed by atoms with van der Waals surface area (Å²) in [7, 11) is 0. The maximum Gasteiger partial charge on any atom is 0.240 e. The van der Waals surface area contributed by atoms with Crippen LogP contribution in [0.1, 0.15) is 19.4 Å². The third-order valence-corrected chi connectivity index (χ3v) is 3.47. The fourth-order valence-electron chi connectivity index (χ4n) is 2.27. The average molecular weight is 326 g/mol. The molecule has 2 aromatic rings. The molecule has 5 heteroatoms. The van der Waals surface area contributed by atoms with Gasteiger partial charge in [-0.2, -0.15) is 0 Å².